The third-order valence-electron chi connectivity index (χ3n) is 1.91. The molecule has 2 rings (SSSR count). The average Bonchev–Trinajstić information content (AvgIpc) is 2.63. The Morgan fingerprint density at radius 3 is 2.33 bits per heavy atom. The van der Waals surface area contributed by atoms with Gasteiger partial charge >= 0.3 is 21.0 Å². The Morgan fingerprint density at radius 2 is 1.80 bits per heavy atom. The van der Waals surface area contributed by atoms with Crippen molar-refractivity contribution in [1.82, 2.24) is 0 Å². The summed E-state index contributed by atoms with van der Waals surface area (Å²) in [6.45, 7) is 2.22. The van der Waals surface area contributed by atoms with E-state index < -0.39 is 0 Å². The van der Waals surface area contributed by atoms with E-state index in [-0.39, 0.29) is 24.8 Å². The molecule has 0 heterocycles. The van der Waals surface area contributed by atoms with E-state index in [0.717, 1.165) is 26.9 Å². The molecule has 0 aliphatic carbocycles. The second kappa shape index (κ2) is 9.25. The van der Waals surface area contributed by atoms with Gasteiger partial charge in [-0.25, -0.2) is 0 Å². The van der Waals surface area contributed by atoms with Crippen LogP contribution in [0.1, 0.15) is 0 Å². The minimum atomic E-state index is 0. The number of halogens is 2. The SMILES string of the molecule is C[Si]c1cc2ccccc2[cH-]1.[Cl-].[Cl-].[O]=[V+2]. The second-order valence-corrected chi connectivity index (χ2v) is 3.70. The van der Waals surface area contributed by atoms with Gasteiger partial charge in [0.05, 0.1) is 9.52 Å². The number of hydrogen-bond donors (Lipinski definition) is 0. The first kappa shape index (κ1) is 17.4. The Morgan fingerprint density at radius 1 is 1.20 bits per heavy atom. The Hall–Kier alpha value is 0.0113. The Balaban J connectivity index is 0. The van der Waals surface area contributed by atoms with E-state index in [2.05, 4.69) is 42.9 Å². The summed E-state index contributed by atoms with van der Waals surface area (Å²) in [6, 6.07) is 13.1. The molecular weight excluding hydrogens is 286 g/mol. The van der Waals surface area contributed by atoms with Gasteiger partial charge < -0.3 is 24.8 Å². The zero-order valence-electron chi connectivity index (χ0n) is 8.08. The Kier molecular flexibility index (Phi) is 10.7. The molecule has 2 radical (unpaired) electrons. The van der Waals surface area contributed by atoms with E-state index in [0.29, 0.717) is 0 Å². The van der Waals surface area contributed by atoms with Crippen LogP contribution in [0.4, 0.5) is 0 Å². The van der Waals surface area contributed by atoms with Crippen molar-refractivity contribution in [2.75, 3.05) is 0 Å². The van der Waals surface area contributed by atoms with Gasteiger partial charge in [-0.15, -0.1) is 29.7 Å². The molecule has 0 bridgehead atoms. The van der Waals surface area contributed by atoms with Crippen LogP contribution in [0, 0.1) is 0 Å². The summed E-state index contributed by atoms with van der Waals surface area (Å²) in [5, 5.41) is 4.21. The summed E-state index contributed by atoms with van der Waals surface area (Å²) in [5.74, 6) is 0. The standard InChI is InChI=1S/C10H9Si.2ClH.O.V/c1-11-10-6-8-4-2-3-5-9(8)7-10;;;;/h2-7H,1H3;2*1H;;/q-1;;;;+2/p-2. The molecule has 0 saturated carbocycles. The molecule has 0 amide bonds. The van der Waals surface area contributed by atoms with Crippen molar-refractivity contribution in [3.05, 3.63) is 36.4 Å². The molecule has 5 heteroatoms. The summed E-state index contributed by atoms with van der Waals surface area (Å²) in [7, 11) is 0.913. The van der Waals surface area contributed by atoms with Crippen LogP contribution in [0.3, 0.4) is 0 Å². The van der Waals surface area contributed by atoms with Gasteiger partial charge in [0.2, 0.25) is 0 Å². The van der Waals surface area contributed by atoms with Crippen LogP contribution in [0.15, 0.2) is 36.4 Å². The zero-order valence-corrected chi connectivity index (χ0v) is 12.0. The molecule has 0 unspecified atom stereocenters. The predicted octanol–water partition coefficient (Wildman–Crippen LogP) is -4.18. The van der Waals surface area contributed by atoms with Gasteiger partial charge in [-0.05, 0) is 0 Å². The van der Waals surface area contributed by atoms with Crippen molar-refractivity contribution in [1.29, 1.82) is 0 Å². The summed E-state index contributed by atoms with van der Waals surface area (Å²) < 4.78 is 8.19. The molecule has 15 heavy (non-hydrogen) atoms. The van der Waals surface area contributed by atoms with Crippen LogP contribution < -0.4 is 30.0 Å². The molecule has 1 nitrogen and oxygen atoms in total. The fourth-order valence-electron chi connectivity index (χ4n) is 1.29. The molecule has 0 spiro atoms. The van der Waals surface area contributed by atoms with E-state index in [9.17, 15) is 0 Å². The van der Waals surface area contributed by atoms with E-state index >= 15 is 0 Å². The Labute approximate surface area is 114 Å². The van der Waals surface area contributed by atoms with Gasteiger partial charge in [-0.3, -0.25) is 0 Å². The molecule has 0 aliphatic rings. The van der Waals surface area contributed by atoms with Gasteiger partial charge in [0.25, 0.3) is 0 Å². The van der Waals surface area contributed by atoms with Crippen LogP contribution in [-0.2, 0) is 21.0 Å². The predicted molar refractivity (Wildman–Crippen MR) is 51.5 cm³/mol. The quantitative estimate of drug-likeness (QED) is 0.385. The molecule has 0 aliphatic heterocycles. The monoisotopic (exact) mass is 294 g/mol. The van der Waals surface area contributed by atoms with Gasteiger partial charge in [-0.1, -0.05) is 12.6 Å². The summed E-state index contributed by atoms with van der Waals surface area (Å²) >= 11 is 1.06. The van der Waals surface area contributed by atoms with Crippen LogP contribution in [0.5, 0.6) is 0 Å². The van der Waals surface area contributed by atoms with E-state index in [4.69, 9.17) is 3.67 Å². The van der Waals surface area contributed by atoms with Gasteiger partial charge in [0.15, 0.2) is 0 Å². The maximum atomic E-state index is 8.19. The van der Waals surface area contributed by atoms with Crippen LogP contribution in [-0.4, -0.2) is 9.52 Å². The van der Waals surface area contributed by atoms with Gasteiger partial charge in [0.1, 0.15) is 0 Å². The number of hydrogen-bond acceptors (Lipinski definition) is 1. The maximum absolute atomic E-state index is 8.19. The van der Waals surface area contributed by atoms with Crippen molar-refractivity contribution in [3.8, 4) is 0 Å². The van der Waals surface area contributed by atoms with Crippen LogP contribution in [0.2, 0.25) is 6.55 Å². The van der Waals surface area contributed by atoms with Crippen molar-refractivity contribution in [2.45, 2.75) is 6.55 Å². The normalized spacial score (nSPS) is 8.20. The average molecular weight is 295 g/mol. The fourth-order valence-corrected chi connectivity index (χ4v) is 1.89. The van der Waals surface area contributed by atoms with Crippen molar-refractivity contribution in [3.63, 3.8) is 0 Å². The summed E-state index contributed by atoms with van der Waals surface area (Å²) in [4.78, 5) is 0. The number of benzene rings is 1. The molecule has 2 aromatic carbocycles. The van der Waals surface area contributed by atoms with Crippen LogP contribution in [0.25, 0.3) is 10.8 Å². The van der Waals surface area contributed by atoms with E-state index in [1.54, 1.807) is 0 Å². The topological polar surface area (TPSA) is 17.1 Å². The molecule has 0 aromatic heterocycles. The summed E-state index contributed by atoms with van der Waals surface area (Å²) in [6.07, 6.45) is 0. The third kappa shape index (κ3) is 4.58. The van der Waals surface area contributed by atoms with Crippen molar-refractivity contribution in [2.24, 2.45) is 0 Å². The first-order valence-corrected chi connectivity index (χ1v) is 5.98. The van der Waals surface area contributed by atoms with Crippen molar-refractivity contribution < 1.29 is 45.9 Å². The molecule has 0 fully saturated rings. The van der Waals surface area contributed by atoms with Gasteiger partial charge in [-0.2, -0.15) is 16.6 Å². The Bertz CT molecular complexity index is 359. The molecule has 0 N–H and O–H groups in total. The first-order valence-electron chi connectivity index (χ1n) is 3.91. The van der Waals surface area contributed by atoms with Gasteiger partial charge in [0, 0.05) is 0 Å². The molecule has 2 aromatic rings. The molecule has 0 atom stereocenters. The molecular formula is C10H9Cl2OSiV-. The molecule has 0 saturated heterocycles. The number of fused-ring (bicyclic) bond motifs is 1. The van der Waals surface area contributed by atoms with E-state index in [1.165, 1.54) is 16.0 Å². The molecule has 79 valence electrons. The van der Waals surface area contributed by atoms with E-state index in [1.807, 2.05) is 0 Å². The van der Waals surface area contributed by atoms with Crippen LogP contribution >= 0.6 is 0 Å². The first-order chi connectivity index (χ1) is 6.40. The minimum absolute atomic E-state index is 0. The number of rotatable bonds is 1. The zero-order chi connectivity index (χ0) is 9.68. The summed E-state index contributed by atoms with van der Waals surface area (Å²) in [5.41, 5.74) is 0. The third-order valence-corrected chi connectivity index (χ3v) is 2.77. The van der Waals surface area contributed by atoms with Crippen molar-refractivity contribution >= 4 is 25.5 Å². The second-order valence-electron chi connectivity index (χ2n) is 2.62. The fraction of sp³-hybridized carbons (Fsp3) is 0.100.